The summed E-state index contributed by atoms with van der Waals surface area (Å²) < 4.78 is 40.7. The van der Waals surface area contributed by atoms with E-state index in [-0.39, 0.29) is 36.1 Å². The van der Waals surface area contributed by atoms with Crippen molar-refractivity contribution in [3.63, 3.8) is 0 Å². The average molecular weight is 473 g/mol. The summed E-state index contributed by atoms with van der Waals surface area (Å²) in [7, 11) is 0. The Morgan fingerprint density at radius 1 is 1.08 bits per heavy atom. The molecule has 0 fully saturated rings. The summed E-state index contributed by atoms with van der Waals surface area (Å²) in [6, 6.07) is 7.20. The molecule has 25 heavy (non-hydrogen) atoms. The zero-order valence-electron chi connectivity index (χ0n) is 15.0. The van der Waals surface area contributed by atoms with Crippen LogP contribution >= 0.6 is 24.0 Å². The Bertz CT molecular complexity index is 525. The van der Waals surface area contributed by atoms with Crippen LogP contribution in [0, 0.1) is 0 Å². The Morgan fingerprint density at radius 2 is 1.64 bits per heavy atom. The smallest absolute Gasteiger partial charge is 0.367 e. The molecule has 0 saturated heterocycles. The van der Waals surface area contributed by atoms with Gasteiger partial charge < -0.3 is 15.4 Å². The van der Waals surface area contributed by atoms with Crippen molar-refractivity contribution >= 4 is 29.9 Å². The molecule has 0 atom stereocenters. The first-order valence-corrected chi connectivity index (χ1v) is 7.88. The fourth-order valence-corrected chi connectivity index (χ4v) is 1.86. The van der Waals surface area contributed by atoms with Crippen LogP contribution in [0.5, 0.6) is 0 Å². The van der Waals surface area contributed by atoms with Gasteiger partial charge >= 0.3 is 6.18 Å². The predicted molar refractivity (Wildman–Crippen MR) is 105 cm³/mol. The number of ether oxygens (including phenoxy) is 1. The maximum Gasteiger partial charge on any atom is 0.411 e. The van der Waals surface area contributed by atoms with Crippen LogP contribution in [0.1, 0.15) is 38.8 Å². The fourth-order valence-electron chi connectivity index (χ4n) is 1.86. The number of rotatable bonds is 6. The third-order valence-corrected chi connectivity index (χ3v) is 2.81. The number of hydrogen-bond donors (Lipinski definition) is 2. The van der Waals surface area contributed by atoms with E-state index in [4.69, 9.17) is 0 Å². The lowest BCUT2D eigenvalue weighted by atomic mass is 10.1. The lowest BCUT2D eigenvalue weighted by Gasteiger charge is -2.23. The van der Waals surface area contributed by atoms with Crippen LogP contribution in [0.3, 0.4) is 0 Å². The number of nitrogens with zero attached hydrogens (tertiary/aromatic N) is 1. The van der Waals surface area contributed by atoms with E-state index in [2.05, 4.69) is 41.1 Å². The molecule has 0 heterocycles. The van der Waals surface area contributed by atoms with Crippen molar-refractivity contribution < 1.29 is 17.9 Å². The lowest BCUT2D eigenvalue weighted by Crippen LogP contribution is -2.47. The molecular formula is C17H27F3IN3O. The molecule has 0 aliphatic heterocycles. The van der Waals surface area contributed by atoms with E-state index in [0.717, 1.165) is 18.1 Å². The van der Waals surface area contributed by atoms with Gasteiger partial charge in [-0.2, -0.15) is 13.2 Å². The topological polar surface area (TPSA) is 45.7 Å². The van der Waals surface area contributed by atoms with E-state index in [9.17, 15) is 13.2 Å². The minimum absolute atomic E-state index is 0. The molecule has 4 nitrogen and oxygen atoms in total. The maximum atomic E-state index is 12.0. The minimum atomic E-state index is -4.29. The molecule has 0 spiro atoms. The molecule has 0 unspecified atom stereocenters. The maximum absolute atomic E-state index is 12.0. The SMILES string of the molecule is CCNC(=NCc1ccc(COCC(F)(F)F)cc1)NC(C)(C)C.I. The second-order valence-electron chi connectivity index (χ2n) is 6.49. The monoisotopic (exact) mass is 473 g/mol. The molecule has 0 aliphatic rings. The summed E-state index contributed by atoms with van der Waals surface area (Å²) in [6.07, 6.45) is -4.29. The third kappa shape index (κ3) is 12.0. The predicted octanol–water partition coefficient (Wildman–Crippen LogP) is 4.24. The number of halogens is 4. The molecule has 1 rings (SSSR count). The summed E-state index contributed by atoms with van der Waals surface area (Å²) >= 11 is 0. The highest BCUT2D eigenvalue weighted by Gasteiger charge is 2.27. The summed E-state index contributed by atoms with van der Waals surface area (Å²) in [5.41, 5.74) is 1.58. The van der Waals surface area contributed by atoms with Gasteiger partial charge in [0, 0.05) is 12.1 Å². The van der Waals surface area contributed by atoms with Gasteiger partial charge in [0.2, 0.25) is 0 Å². The Hall–Kier alpha value is -1.03. The highest BCUT2D eigenvalue weighted by molar-refractivity contribution is 14.0. The summed E-state index contributed by atoms with van der Waals surface area (Å²) in [5, 5.41) is 6.47. The van der Waals surface area contributed by atoms with Crippen LogP contribution in [0.2, 0.25) is 0 Å². The molecule has 2 N–H and O–H groups in total. The first-order chi connectivity index (χ1) is 11.1. The molecular weight excluding hydrogens is 446 g/mol. The molecule has 0 saturated carbocycles. The molecule has 1 aromatic rings. The normalized spacial score (nSPS) is 12.5. The molecule has 0 radical (unpaired) electrons. The van der Waals surface area contributed by atoms with E-state index >= 15 is 0 Å². The highest BCUT2D eigenvalue weighted by Crippen LogP contribution is 2.16. The van der Waals surface area contributed by atoms with Gasteiger partial charge in [-0.1, -0.05) is 24.3 Å². The van der Waals surface area contributed by atoms with Crippen molar-refractivity contribution in [2.75, 3.05) is 13.2 Å². The summed E-state index contributed by atoms with van der Waals surface area (Å²) in [4.78, 5) is 4.51. The van der Waals surface area contributed by atoms with Gasteiger partial charge in [-0.05, 0) is 38.8 Å². The quantitative estimate of drug-likeness (QED) is 0.369. The second kappa shape index (κ2) is 10.8. The number of guanidine groups is 1. The van der Waals surface area contributed by atoms with Crippen molar-refractivity contribution in [2.45, 2.75) is 52.6 Å². The van der Waals surface area contributed by atoms with Crippen LogP contribution in [-0.4, -0.2) is 30.8 Å². The van der Waals surface area contributed by atoms with E-state index in [0.29, 0.717) is 12.1 Å². The van der Waals surface area contributed by atoms with Crippen molar-refractivity contribution in [3.8, 4) is 0 Å². The Morgan fingerprint density at radius 3 is 2.12 bits per heavy atom. The van der Waals surface area contributed by atoms with Crippen LogP contribution in [0.4, 0.5) is 13.2 Å². The van der Waals surface area contributed by atoms with Crippen molar-refractivity contribution in [1.82, 2.24) is 10.6 Å². The molecule has 0 aromatic heterocycles. The van der Waals surface area contributed by atoms with Gasteiger partial charge in [0.05, 0.1) is 13.2 Å². The summed E-state index contributed by atoms with van der Waals surface area (Å²) in [5.74, 6) is 0.725. The van der Waals surface area contributed by atoms with Gasteiger partial charge in [-0.25, -0.2) is 4.99 Å². The summed E-state index contributed by atoms with van der Waals surface area (Å²) in [6.45, 7) is 8.10. The zero-order valence-corrected chi connectivity index (χ0v) is 17.4. The van der Waals surface area contributed by atoms with E-state index in [1.165, 1.54) is 0 Å². The third-order valence-electron chi connectivity index (χ3n) is 2.81. The molecule has 0 bridgehead atoms. The number of hydrogen-bond acceptors (Lipinski definition) is 2. The zero-order chi connectivity index (χ0) is 18.2. The van der Waals surface area contributed by atoms with Gasteiger partial charge in [0.1, 0.15) is 6.61 Å². The standard InChI is InChI=1S/C17H26F3N3O.HI/c1-5-21-15(23-16(2,3)4)22-10-13-6-8-14(9-7-13)11-24-12-17(18,19)20;/h6-9H,5,10-12H2,1-4H3,(H2,21,22,23);1H. The van der Waals surface area contributed by atoms with Crippen LogP contribution in [0.15, 0.2) is 29.3 Å². The van der Waals surface area contributed by atoms with E-state index in [1.807, 2.05) is 19.1 Å². The Kier molecular flexibility index (Phi) is 10.4. The first-order valence-electron chi connectivity index (χ1n) is 7.88. The molecule has 0 amide bonds. The van der Waals surface area contributed by atoms with Crippen LogP contribution < -0.4 is 10.6 Å². The van der Waals surface area contributed by atoms with Gasteiger partial charge in [-0.15, -0.1) is 24.0 Å². The molecule has 8 heteroatoms. The van der Waals surface area contributed by atoms with Crippen LogP contribution in [0.25, 0.3) is 0 Å². The minimum Gasteiger partial charge on any atom is -0.367 e. The number of aliphatic imine (C=N–C) groups is 1. The lowest BCUT2D eigenvalue weighted by molar-refractivity contribution is -0.176. The van der Waals surface area contributed by atoms with E-state index < -0.39 is 12.8 Å². The Labute approximate surface area is 164 Å². The van der Waals surface area contributed by atoms with Crippen molar-refractivity contribution in [2.24, 2.45) is 4.99 Å². The van der Waals surface area contributed by atoms with Gasteiger partial charge in [0.15, 0.2) is 5.96 Å². The molecule has 0 aliphatic carbocycles. The van der Waals surface area contributed by atoms with Gasteiger partial charge in [0.25, 0.3) is 0 Å². The second-order valence-corrected chi connectivity index (χ2v) is 6.49. The molecule has 144 valence electrons. The number of alkyl halides is 3. The average Bonchev–Trinajstić information content (AvgIpc) is 2.43. The molecule has 1 aromatic carbocycles. The van der Waals surface area contributed by atoms with Crippen molar-refractivity contribution in [3.05, 3.63) is 35.4 Å². The van der Waals surface area contributed by atoms with Gasteiger partial charge in [-0.3, -0.25) is 0 Å². The highest BCUT2D eigenvalue weighted by atomic mass is 127. The first kappa shape index (κ1) is 24.0. The van der Waals surface area contributed by atoms with E-state index in [1.54, 1.807) is 12.1 Å². The number of benzene rings is 1. The van der Waals surface area contributed by atoms with Crippen molar-refractivity contribution in [1.29, 1.82) is 0 Å². The Balaban J connectivity index is 0.00000576. The number of nitrogens with one attached hydrogen (secondary N) is 2. The van der Waals surface area contributed by atoms with Crippen LogP contribution in [-0.2, 0) is 17.9 Å². The largest absolute Gasteiger partial charge is 0.411 e. The fraction of sp³-hybridized carbons (Fsp3) is 0.588.